The van der Waals surface area contributed by atoms with Crippen LogP contribution >= 0.6 is 11.8 Å². The van der Waals surface area contributed by atoms with E-state index in [0.717, 1.165) is 25.0 Å². The molecule has 2 atom stereocenters. The van der Waals surface area contributed by atoms with E-state index in [2.05, 4.69) is 10.3 Å². The summed E-state index contributed by atoms with van der Waals surface area (Å²) in [5.41, 5.74) is 0.913. The largest absolute Gasteiger partial charge is 0.463 e. The summed E-state index contributed by atoms with van der Waals surface area (Å²) >= 11 is 1.30. The first kappa shape index (κ1) is 25.3. The third-order valence-electron chi connectivity index (χ3n) is 5.94. The van der Waals surface area contributed by atoms with Crippen LogP contribution in [0.2, 0.25) is 0 Å². The van der Waals surface area contributed by atoms with Gasteiger partial charge in [0.25, 0.3) is 0 Å². The topological polar surface area (TPSA) is 80.2 Å². The van der Waals surface area contributed by atoms with E-state index >= 15 is 0 Å². The zero-order valence-electron chi connectivity index (χ0n) is 19.4. The molecule has 7 nitrogen and oxygen atoms in total. The zero-order valence-corrected chi connectivity index (χ0v) is 20.2. The van der Waals surface area contributed by atoms with Crippen molar-refractivity contribution in [2.24, 2.45) is 4.99 Å². The summed E-state index contributed by atoms with van der Waals surface area (Å²) in [6.07, 6.45) is -2.61. The van der Waals surface area contributed by atoms with Crippen molar-refractivity contribution in [3.05, 3.63) is 57.8 Å². The van der Waals surface area contributed by atoms with Gasteiger partial charge in [-0.1, -0.05) is 23.9 Å². The van der Waals surface area contributed by atoms with Crippen LogP contribution in [0.25, 0.3) is 0 Å². The minimum Gasteiger partial charge on any atom is -0.463 e. The predicted molar refractivity (Wildman–Crippen MR) is 125 cm³/mol. The molecule has 35 heavy (non-hydrogen) atoms. The number of allylic oxidation sites excluding steroid dienone is 1. The number of halogens is 3. The number of carbonyl (C=O) groups excluding carboxylic acids is 2. The Morgan fingerprint density at radius 1 is 1.29 bits per heavy atom. The van der Waals surface area contributed by atoms with Crippen LogP contribution in [0.3, 0.4) is 0 Å². The number of nitrogens with one attached hydrogen (secondary N) is 1. The summed E-state index contributed by atoms with van der Waals surface area (Å²) in [6.45, 7) is 4.58. The summed E-state index contributed by atoms with van der Waals surface area (Å²) in [7, 11) is 0. The molecule has 11 heteroatoms. The minimum absolute atomic E-state index is 0.00103. The van der Waals surface area contributed by atoms with Crippen LogP contribution in [0.4, 0.5) is 13.2 Å². The zero-order chi connectivity index (χ0) is 25.2. The molecule has 0 spiro atoms. The molecule has 0 saturated carbocycles. The molecule has 0 aliphatic carbocycles. The van der Waals surface area contributed by atoms with Crippen LogP contribution in [-0.2, 0) is 25.2 Å². The monoisotopic (exact) mass is 509 g/mol. The SMILES string of the molecule is CCOC(=O)C1=C(C)N=C2SC=C(CC(=O)NC[C@H]3CCCO3)N2[C@@H]1c1ccc(C(F)(F)F)cc1. The standard InChI is InChI=1S/C24H26F3N3O4S/c1-3-33-22(32)20-14(2)29-23-30(21(20)15-6-8-16(9-7-15)24(25,26)27)17(13-35-23)11-19(31)28-12-18-5-4-10-34-18/h6-9,13,18,21H,3-5,10-12H2,1-2H3,(H,28,31)/t18-,21-/m1/s1. The van der Waals surface area contributed by atoms with E-state index in [1.165, 1.54) is 23.9 Å². The lowest BCUT2D eigenvalue weighted by molar-refractivity contribution is -0.139. The lowest BCUT2D eigenvalue weighted by Gasteiger charge is -2.36. The minimum atomic E-state index is -4.48. The number of aliphatic imine (C=N–C) groups is 1. The molecular weight excluding hydrogens is 483 g/mol. The summed E-state index contributed by atoms with van der Waals surface area (Å²) < 4.78 is 50.3. The number of benzene rings is 1. The van der Waals surface area contributed by atoms with E-state index in [0.29, 0.717) is 35.3 Å². The van der Waals surface area contributed by atoms with E-state index in [-0.39, 0.29) is 30.6 Å². The highest BCUT2D eigenvalue weighted by Crippen LogP contribution is 2.45. The Labute approximate surface area is 205 Å². The van der Waals surface area contributed by atoms with Crippen LogP contribution in [-0.4, -0.2) is 47.8 Å². The number of rotatable bonds is 7. The molecule has 0 bridgehead atoms. The van der Waals surface area contributed by atoms with Gasteiger partial charge in [0.2, 0.25) is 5.91 Å². The maximum Gasteiger partial charge on any atom is 0.416 e. The average molecular weight is 510 g/mol. The Hall–Kier alpha value is -2.79. The van der Waals surface area contributed by atoms with Crippen molar-refractivity contribution in [2.45, 2.75) is 51.4 Å². The average Bonchev–Trinajstić information content (AvgIpc) is 3.46. The van der Waals surface area contributed by atoms with Crippen molar-refractivity contribution in [3.63, 3.8) is 0 Å². The van der Waals surface area contributed by atoms with Gasteiger partial charge >= 0.3 is 12.1 Å². The van der Waals surface area contributed by atoms with Crippen molar-refractivity contribution >= 4 is 28.8 Å². The van der Waals surface area contributed by atoms with Crippen LogP contribution in [0, 0.1) is 0 Å². The fourth-order valence-corrected chi connectivity index (χ4v) is 5.23. The second-order valence-electron chi connectivity index (χ2n) is 8.35. The first-order valence-corrected chi connectivity index (χ1v) is 12.2. The van der Waals surface area contributed by atoms with Gasteiger partial charge in [-0.05, 0) is 49.8 Å². The van der Waals surface area contributed by atoms with Crippen molar-refractivity contribution < 1.29 is 32.2 Å². The van der Waals surface area contributed by atoms with Gasteiger partial charge in [-0.3, -0.25) is 4.79 Å². The number of fused-ring (bicyclic) bond motifs is 1. The van der Waals surface area contributed by atoms with Crippen LogP contribution in [0.5, 0.6) is 0 Å². The fourth-order valence-electron chi connectivity index (χ4n) is 4.27. The van der Waals surface area contributed by atoms with Crippen LogP contribution in [0.1, 0.15) is 50.3 Å². The molecule has 1 amide bonds. The molecule has 3 aliphatic heterocycles. The van der Waals surface area contributed by atoms with Gasteiger partial charge in [0.05, 0.1) is 42.0 Å². The van der Waals surface area contributed by atoms with Gasteiger partial charge < -0.3 is 19.7 Å². The number of hydrogen-bond donors (Lipinski definition) is 1. The van der Waals surface area contributed by atoms with E-state index in [1.54, 1.807) is 24.2 Å². The molecule has 1 saturated heterocycles. The molecule has 4 rings (SSSR count). The number of ether oxygens (including phenoxy) is 2. The molecule has 3 heterocycles. The molecule has 3 aliphatic rings. The Bertz CT molecular complexity index is 1080. The van der Waals surface area contributed by atoms with Gasteiger partial charge in [-0.25, -0.2) is 9.79 Å². The summed E-state index contributed by atoms with van der Waals surface area (Å²) in [4.78, 5) is 31.9. The molecule has 0 radical (unpaired) electrons. The first-order valence-electron chi connectivity index (χ1n) is 11.4. The highest BCUT2D eigenvalue weighted by Gasteiger charge is 2.41. The van der Waals surface area contributed by atoms with E-state index in [4.69, 9.17) is 9.47 Å². The molecular formula is C24H26F3N3O4S. The Morgan fingerprint density at radius 2 is 2.03 bits per heavy atom. The number of esters is 1. The quantitative estimate of drug-likeness (QED) is 0.544. The van der Waals surface area contributed by atoms with Gasteiger partial charge in [0, 0.05) is 18.8 Å². The highest BCUT2D eigenvalue weighted by atomic mass is 32.2. The van der Waals surface area contributed by atoms with E-state index in [1.807, 2.05) is 0 Å². The van der Waals surface area contributed by atoms with E-state index in [9.17, 15) is 22.8 Å². The van der Waals surface area contributed by atoms with E-state index < -0.39 is 23.8 Å². The number of thioether (sulfide) groups is 1. The highest BCUT2D eigenvalue weighted by molar-refractivity contribution is 8.16. The number of amides is 1. The lowest BCUT2D eigenvalue weighted by atomic mass is 9.93. The number of carbonyl (C=O) groups is 2. The van der Waals surface area contributed by atoms with Crippen molar-refractivity contribution in [1.82, 2.24) is 10.2 Å². The molecule has 188 valence electrons. The van der Waals surface area contributed by atoms with Crippen molar-refractivity contribution in [1.29, 1.82) is 0 Å². The lowest BCUT2D eigenvalue weighted by Crippen LogP contribution is -2.38. The normalized spacial score (nSPS) is 22.0. The predicted octanol–water partition coefficient (Wildman–Crippen LogP) is 4.53. The summed E-state index contributed by atoms with van der Waals surface area (Å²) in [5.74, 6) is -0.819. The molecule has 1 aromatic carbocycles. The van der Waals surface area contributed by atoms with Gasteiger partial charge in [0.15, 0.2) is 5.17 Å². The number of alkyl halides is 3. The summed E-state index contributed by atoms with van der Waals surface area (Å²) in [6, 6.07) is 3.89. The van der Waals surface area contributed by atoms with Crippen molar-refractivity contribution in [3.8, 4) is 0 Å². The third kappa shape index (κ3) is 5.56. The molecule has 0 aromatic heterocycles. The van der Waals surface area contributed by atoms with Gasteiger partial charge in [-0.2, -0.15) is 13.2 Å². The molecule has 1 fully saturated rings. The molecule has 0 unspecified atom stereocenters. The molecule has 1 aromatic rings. The maximum absolute atomic E-state index is 13.2. The van der Waals surface area contributed by atoms with Gasteiger partial charge in [0.1, 0.15) is 0 Å². The number of hydrogen-bond acceptors (Lipinski definition) is 7. The maximum atomic E-state index is 13.2. The molecule has 1 N–H and O–H groups in total. The van der Waals surface area contributed by atoms with Crippen LogP contribution < -0.4 is 5.32 Å². The number of amidine groups is 1. The third-order valence-corrected chi connectivity index (χ3v) is 6.83. The second-order valence-corrected chi connectivity index (χ2v) is 9.19. The number of nitrogens with zero attached hydrogens (tertiary/aromatic N) is 2. The Kier molecular flexibility index (Phi) is 7.56. The summed E-state index contributed by atoms with van der Waals surface area (Å²) in [5, 5.41) is 5.20. The fraction of sp³-hybridized carbons (Fsp3) is 0.458. The van der Waals surface area contributed by atoms with Crippen molar-refractivity contribution in [2.75, 3.05) is 19.8 Å². The Balaban J connectivity index is 1.62. The smallest absolute Gasteiger partial charge is 0.416 e. The van der Waals surface area contributed by atoms with Crippen LogP contribution in [0.15, 0.2) is 51.6 Å². The second kappa shape index (κ2) is 10.4. The Morgan fingerprint density at radius 3 is 2.66 bits per heavy atom. The van der Waals surface area contributed by atoms with Gasteiger partial charge in [-0.15, -0.1) is 0 Å². The first-order chi connectivity index (χ1) is 16.7.